The largest absolute Gasteiger partial charge is 0.508 e. The topological polar surface area (TPSA) is 74.6 Å². The number of aromatic nitrogens is 3. The highest BCUT2D eigenvalue weighted by atomic mass is 19.1. The van der Waals surface area contributed by atoms with Crippen LogP contribution < -0.4 is 9.64 Å². The Bertz CT molecular complexity index is 1700. The SMILES string of the molecule is C[C@H]1CN2CCC[C@@]2(COc2nc(N3CC4CCC(C4)C3)c3cnc(-c4cc(O)cc5cccc(F)c45)c(F)c3n2)C1. The number of pyridine rings is 1. The first-order valence-corrected chi connectivity index (χ1v) is 15.3. The third-order valence-electron chi connectivity index (χ3n) is 10.2. The number of phenolic OH excluding ortho intramolecular Hbond substituents is 1. The van der Waals surface area contributed by atoms with Gasteiger partial charge in [-0.15, -0.1) is 0 Å². The predicted molar refractivity (Wildman–Crippen MR) is 158 cm³/mol. The molecule has 3 saturated heterocycles. The summed E-state index contributed by atoms with van der Waals surface area (Å²) in [5.74, 6) is 1.18. The van der Waals surface area contributed by atoms with Gasteiger partial charge in [-0.2, -0.15) is 9.97 Å². The second-order valence-corrected chi connectivity index (χ2v) is 13.2. The van der Waals surface area contributed by atoms with E-state index in [9.17, 15) is 5.11 Å². The fraction of sp³-hybridized carbons (Fsp3) is 0.485. The zero-order valence-electron chi connectivity index (χ0n) is 23.8. The van der Waals surface area contributed by atoms with E-state index < -0.39 is 11.6 Å². The monoisotopic (exact) mass is 571 g/mol. The third kappa shape index (κ3) is 4.19. The molecular formula is C33H35F2N5O2. The van der Waals surface area contributed by atoms with E-state index in [0.717, 1.165) is 45.4 Å². The summed E-state index contributed by atoms with van der Waals surface area (Å²) in [5.41, 5.74) is 0.197. The highest BCUT2D eigenvalue weighted by Crippen LogP contribution is 2.43. The molecule has 42 heavy (non-hydrogen) atoms. The minimum Gasteiger partial charge on any atom is -0.508 e. The van der Waals surface area contributed by atoms with Crippen LogP contribution in [-0.4, -0.2) is 63.3 Å². The molecule has 3 aliphatic heterocycles. The first kappa shape index (κ1) is 26.1. The Kier molecular flexibility index (Phi) is 6.04. The van der Waals surface area contributed by atoms with E-state index >= 15 is 8.78 Å². The van der Waals surface area contributed by atoms with Crippen molar-refractivity contribution in [1.29, 1.82) is 0 Å². The lowest BCUT2D eigenvalue weighted by molar-refractivity contribution is 0.107. The van der Waals surface area contributed by atoms with Crippen molar-refractivity contribution in [2.75, 3.05) is 37.7 Å². The molecule has 9 heteroatoms. The number of hydrogen-bond acceptors (Lipinski definition) is 7. The highest BCUT2D eigenvalue weighted by Gasteiger charge is 2.48. The first-order chi connectivity index (χ1) is 20.4. The Morgan fingerprint density at radius 3 is 2.76 bits per heavy atom. The number of halogens is 2. The van der Waals surface area contributed by atoms with Crippen LogP contribution in [0.4, 0.5) is 14.6 Å². The van der Waals surface area contributed by atoms with Crippen molar-refractivity contribution >= 4 is 27.5 Å². The molecule has 218 valence electrons. The molecule has 2 unspecified atom stereocenters. The molecule has 4 aromatic rings. The zero-order chi connectivity index (χ0) is 28.6. The Morgan fingerprint density at radius 2 is 1.93 bits per heavy atom. The van der Waals surface area contributed by atoms with E-state index in [-0.39, 0.29) is 39.5 Å². The quantitative estimate of drug-likeness (QED) is 0.301. The van der Waals surface area contributed by atoms with Crippen LogP contribution in [-0.2, 0) is 0 Å². The molecule has 4 fully saturated rings. The van der Waals surface area contributed by atoms with Crippen molar-refractivity contribution in [3.05, 3.63) is 48.2 Å². The fourth-order valence-corrected chi connectivity index (χ4v) is 8.47. The lowest BCUT2D eigenvalue weighted by Gasteiger charge is -2.34. The van der Waals surface area contributed by atoms with E-state index in [0.29, 0.717) is 41.0 Å². The molecule has 8 rings (SSSR count). The van der Waals surface area contributed by atoms with Gasteiger partial charge in [-0.3, -0.25) is 9.88 Å². The Morgan fingerprint density at radius 1 is 1.10 bits per heavy atom. The van der Waals surface area contributed by atoms with E-state index in [1.807, 2.05) is 0 Å². The van der Waals surface area contributed by atoms with Gasteiger partial charge in [0.1, 0.15) is 35.2 Å². The third-order valence-corrected chi connectivity index (χ3v) is 10.2. The van der Waals surface area contributed by atoms with Crippen molar-refractivity contribution in [3.63, 3.8) is 0 Å². The number of anilines is 1. The molecule has 7 nitrogen and oxygen atoms in total. The summed E-state index contributed by atoms with van der Waals surface area (Å²) in [6.45, 7) is 6.63. The summed E-state index contributed by atoms with van der Waals surface area (Å²) < 4.78 is 38.0. The number of ether oxygens (including phenoxy) is 1. The average Bonchev–Trinajstić information content (AvgIpc) is 3.61. The molecule has 0 radical (unpaired) electrons. The second kappa shape index (κ2) is 9.73. The van der Waals surface area contributed by atoms with Gasteiger partial charge in [-0.05, 0) is 86.4 Å². The minimum absolute atomic E-state index is 0.0257. The van der Waals surface area contributed by atoms with Crippen LogP contribution in [0.2, 0.25) is 0 Å². The normalized spacial score (nSPS) is 27.3. The van der Waals surface area contributed by atoms with Crippen molar-refractivity contribution < 1.29 is 18.6 Å². The molecular weight excluding hydrogens is 536 g/mol. The number of fused-ring (bicyclic) bond motifs is 5. The van der Waals surface area contributed by atoms with Crippen LogP contribution >= 0.6 is 0 Å². The summed E-state index contributed by atoms with van der Waals surface area (Å²) in [6.07, 6.45) is 8.53. The molecule has 2 bridgehead atoms. The van der Waals surface area contributed by atoms with Crippen LogP contribution in [0.3, 0.4) is 0 Å². The maximum absolute atomic E-state index is 16.6. The molecule has 4 aliphatic rings. The smallest absolute Gasteiger partial charge is 0.319 e. The molecule has 1 saturated carbocycles. The number of rotatable bonds is 5. The first-order valence-electron chi connectivity index (χ1n) is 15.3. The van der Waals surface area contributed by atoms with Gasteiger partial charge in [0.2, 0.25) is 0 Å². The molecule has 0 spiro atoms. The van der Waals surface area contributed by atoms with E-state index in [1.165, 1.54) is 37.5 Å². The molecule has 0 amide bonds. The van der Waals surface area contributed by atoms with Crippen LogP contribution in [0.5, 0.6) is 11.8 Å². The molecule has 1 aliphatic carbocycles. The highest BCUT2D eigenvalue weighted by molar-refractivity contribution is 6.00. The maximum atomic E-state index is 16.6. The van der Waals surface area contributed by atoms with Crippen LogP contribution in [0, 0.1) is 29.4 Å². The summed E-state index contributed by atoms with van der Waals surface area (Å²) in [5, 5.41) is 11.6. The van der Waals surface area contributed by atoms with Crippen LogP contribution in [0.1, 0.15) is 45.4 Å². The number of hydrogen-bond donors (Lipinski definition) is 1. The number of benzene rings is 2. The molecule has 1 N–H and O–H groups in total. The lowest BCUT2D eigenvalue weighted by Crippen LogP contribution is -2.43. The van der Waals surface area contributed by atoms with Gasteiger partial charge in [-0.25, -0.2) is 8.78 Å². The number of aromatic hydroxyl groups is 1. The summed E-state index contributed by atoms with van der Waals surface area (Å²) in [4.78, 5) is 18.8. The van der Waals surface area contributed by atoms with Gasteiger partial charge in [0.05, 0.1) is 10.9 Å². The Balaban J connectivity index is 1.26. The van der Waals surface area contributed by atoms with Gasteiger partial charge in [0.15, 0.2) is 5.82 Å². The van der Waals surface area contributed by atoms with Gasteiger partial charge in [-0.1, -0.05) is 19.1 Å². The summed E-state index contributed by atoms with van der Waals surface area (Å²) in [7, 11) is 0. The standard InChI is InChI=1S/C33H35F2N5O2/c1-19-13-33(8-3-9-40(33)15-19)18-42-32-37-30-25(31(38-32)39-16-20-6-7-21(10-20)17-39)14-36-29(28(30)35)24-12-23(41)11-22-4-2-5-26(34)27(22)24/h2,4-5,11-12,14,19-21,41H,3,6-10,13,15-18H2,1H3/t19-,20?,21?,33+/m1/s1. The molecule has 2 aromatic carbocycles. The lowest BCUT2D eigenvalue weighted by atomic mass is 9.92. The maximum Gasteiger partial charge on any atom is 0.319 e. The van der Waals surface area contributed by atoms with Gasteiger partial charge in [0.25, 0.3) is 0 Å². The van der Waals surface area contributed by atoms with Crippen molar-refractivity contribution in [3.8, 4) is 23.0 Å². The molecule has 2 aromatic heterocycles. The second-order valence-electron chi connectivity index (χ2n) is 13.2. The van der Waals surface area contributed by atoms with Crippen molar-refractivity contribution in [2.45, 2.75) is 51.0 Å². The summed E-state index contributed by atoms with van der Waals surface area (Å²) >= 11 is 0. The Hall–Kier alpha value is -3.59. The zero-order valence-corrected chi connectivity index (χ0v) is 23.8. The number of piperidine rings is 1. The number of phenols is 1. The molecule has 4 atom stereocenters. The van der Waals surface area contributed by atoms with Crippen molar-refractivity contribution in [2.24, 2.45) is 17.8 Å². The average molecular weight is 572 g/mol. The van der Waals surface area contributed by atoms with E-state index in [2.05, 4.69) is 26.7 Å². The minimum atomic E-state index is -0.675. The predicted octanol–water partition coefficient (Wildman–Crippen LogP) is 6.32. The van der Waals surface area contributed by atoms with Crippen LogP contribution in [0.25, 0.3) is 32.9 Å². The van der Waals surface area contributed by atoms with Crippen LogP contribution in [0.15, 0.2) is 36.5 Å². The Labute approximate surface area is 243 Å². The van der Waals surface area contributed by atoms with E-state index in [1.54, 1.807) is 18.3 Å². The van der Waals surface area contributed by atoms with E-state index in [4.69, 9.17) is 9.72 Å². The number of nitrogens with zero attached hydrogens (tertiary/aromatic N) is 5. The van der Waals surface area contributed by atoms with Gasteiger partial charge in [0, 0.05) is 36.8 Å². The molecule has 5 heterocycles. The summed E-state index contributed by atoms with van der Waals surface area (Å²) in [6, 6.07) is 7.57. The van der Waals surface area contributed by atoms with Gasteiger partial charge >= 0.3 is 6.01 Å². The fourth-order valence-electron chi connectivity index (χ4n) is 8.47. The van der Waals surface area contributed by atoms with Crippen molar-refractivity contribution in [1.82, 2.24) is 19.9 Å². The van der Waals surface area contributed by atoms with Gasteiger partial charge < -0.3 is 14.7 Å².